The molecular formula is C14H21N3OS. The zero-order valence-electron chi connectivity index (χ0n) is 11.5. The van der Waals surface area contributed by atoms with E-state index in [2.05, 4.69) is 24.1 Å². The highest BCUT2D eigenvalue weighted by Crippen LogP contribution is 2.14. The number of aromatic nitrogens is 1. The first-order valence-corrected chi connectivity index (χ1v) is 7.85. The van der Waals surface area contributed by atoms with E-state index in [0.29, 0.717) is 6.54 Å². The zero-order valence-corrected chi connectivity index (χ0v) is 12.3. The standard InChI is InChI=1S/C14H21N3OS/c1-11(2)17(9-12-5-3-4-6-15-12)14(18)13-10-19-8-7-16-13/h3-6,11,13,16H,7-10H2,1-2H3. The fourth-order valence-corrected chi connectivity index (χ4v) is 3.03. The number of nitrogens with zero attached hydrogens (tertiary/aromatic N) is 2. The topological polar surface area (TPSA) is 45.2 Å². The maximum atomic E-state index is 12.6. The Morgan fingerprint density at radius 2 is 2.42 bits per heavy atom. The first kappa shape index (κ1) is 14.3. The van der Waals surface area contributed by atoms with Gasteiger partial charge in [-0.25, -0.2) is 0 Å². The van der Waals surface area contributed by atoms with Crippen LogP contribution in [0.15, 0.2) is 24.4 Å². The number of rotatable bonds is 4. The Labute approximate surface area is 119 Å². The van der Waals surface area contributed by atoms with E-state index in [0.717, 1.165) is 23.7 Å². The van der Waals surface area contributed by atoms with Crippen molar-refractivity contribution in [3.63, 3.8) is 0 Å². The zero-order chi connectivity index (χ0) is 13.7. The minimum atomic E-state index is -0.0511. The van der Waals surface area contributed by atoms with Crippen LogP contribution in [0.1, 0.15) is 19.5 Å². The molecule has 4 nitrogen and oxygen atoms in total. The van der Waals surface area contributed by atoms with Crippen LogP contribution >= 0.6 is 11.8 Å². The molecule has 2 heterocycles. The molecule has 0 aromatic carbocycles. The highest BCUT2D eigenvalue weighted by atomic mass is 32.2. The van der Waals surface area contributed by atoms with E-state index < -0.39 is 0 Å². The van der Waals surface area contributed by atoms with Gasteiger partial charge in [0.2, 0.25) is 5.91 Å². The molecule has 0 saturated carbocycles. The van der Waals surface area contributed by atoms with Crippen LogP contribution in [0.3, 0.4) is 0 Å². The van der Waals surface area contributed by atoms with Gasteiger partial charge in [-0.3, -0.25) is 9.78 Å². The van der Waals surface area contributed by atoms with Gasteiger partial charge in [0, 0.05) is 30.3 Å². The molecule has 0 spiro atoms. The van der Waals surface area contributed by atoms with Gasteiger partial charge < -0.3 is 10.2 Å². The summed E-state index contributed by atoms with van der Waals surface area (Å²) in [4.78, 5) is 18.8. The second kappa shape index (κ2) is 6.91. The molecule has 19 heavy (non-hydrogen) atoms. The maximum Gasteiger partial charge on any atom is 0.241 e. The van der Waals surface area contributed by atoms with Crippen molar-refractivity contribution >= 4 is 17.7 Å². The van der Waals surface area contributed by atoms with E-state index in [1.54, 1.807) is 6.20 Å². The number of amides is 1. The molecule has 1 aromatic rings. The molecule has 1 unspecified atom stereocenters. The van der Waals surface area contributed by atoms with E-state index in [9.17, 15) is 4.79 Å². The van der Waals surface area contributed by atoms with Crippen LogP contribution in [-0.4, -0.2) is 45.9 Å². The summed E-state index contributed by atoms with van der Waals surface area (Å²) in [6.45, 7) is 5.60. The Morgan fingerprint density at radius 3 is 3.00 bits per heavy atom. The molecule has 0 aliphatic carbocycles. The second-order valence-electron chi connectivity index (χ2n) is 4.96. The Kier molecular flexibility index (Phi) is 5.22. The van der Waals surface area contributed by atoms with Crippen molar-refractivity contribution in [2.24, 2.45) is 0 Å². The minimum Gasteiger partial charge on any atom is -0.333 e. The average Bonchev–Trinajstić information content (AvgIpc) is 2.46. The molecule has 104 valence electrons. The Morgan fingerprint density at radius 1 is 1.58 bits per heavy atom. The van der Waals surface area contributed by atoms with Gasteiger partial charge in [-0.15, -0.1) is 0 Å². The van der Waals surface area contributed by atoms with Gasteiger partial charge in [-0.05, 0) is 26.0 Å². The van der Waals surface area contributed by atoms with Crippen molar-refractivity contribution in [1.29, 1.82) is 0 Å². The van der Waals surface area contributed by atoms with Crippen molar-refractivity contribution in [3.8, 4) is 0 Å². The number of hydrogen-bond acceptors (Lipinski definition) is 4. The Balaban J connectivity index is 2.04. The summed E-state index contributed by atoms with van der Waals surface area (Å²) in [5.41, 5.74) is 0.938. The Bertz CT molecular complexity index is 404. The molecule has 1 saturated heterocycles. The van der Waals surface area contributed by atoms with Gasteiger partial charge >= 0.3 is 0 Å². The van der Waals surface area contributed by atoms with Gasteiger partial charge in [0.1, 0.15) is 0 Å². The van der Waals surface area contributed by atoms with Crippen molar-refractivity contribution in [1.82, 2.24) is 15.2 Å². The summed E-state index contributed by atoms with van der Waals surface area (Å²) in [7, 11) is 0. The predicted octanol–water partition coefficient (Wildman–Crippen LogP) is 1.52. The molecular weight excluding hydrogens is 258 g/mol. The molecule has 1 atom stereocenters. The third kappa shape index (κ3) is 3.94. The largest absolute Gasteiger partial charge is 0.333 e. The lowest BCUT2D eigenvalue weighted by atomic mass is 10.2. The number of nitrogens with one attached hydrogen (secondary N) is 1. The van der Waals surface area contributed by atoms with E-state index in [1.165, 1.54) is 0 Å². The third-order valence-corrected chi connectivity index (χ3v) is 4.25. The van der Waals surface area contributed by atoms with E-state index in [1.807, 2.05) is 34.9 Å². The molecule has 1 aliphatic rings. The van der Waals surface area contributed by atoms with Crippen molar-refractivity contribution in [2.75, 3.05) is 18.1 Å². The first-order valence-electron chi connectivity index (χ1n) is 6.70. The number of pyridine rings is 1. The molecule has 1 N–H and O–H groups in total. The number of hydrogen-bond donors (Lipinski definition) is 1. The minimum absolute atomic E-state index is 0.0511. The maximum absolute atomic E-state index is 12.6. The van der Waals surface area contributed by atoms with Crippen LogP contribution in [0, 0.1) is 0 Å². The SMILES string of the molecule is CC(C)N(Cc1ccccn1)C(=O)C1CSCCN1. The van der Waals surface area contributed by atoms with E-state index in [4.69, 9.17) is 0 Å². The molecule has 0 bridgehead atoms. The summed E-state index contributed by atoms with van der Waals surface area (Å²) in [5, 5.41) is 3.31. The normalized spacial score (nSPS) is 19.4. The van der Waals surface area contributed by atoms with E-state index in [-0.39, 0.29) is 18.0 Å². The van der Waals surface area contributed by atoms with E-state index >= 15 is 0 Å². The number of thioether (sulfide) groups is 1. The summed E-state index contributed by atoms with van der Waals surface area (Å²) in [5.74, 6) is 2.14. The lowest BCUT2D eigenvalue weighted by Gasteiger charge is -2.32. The van der Waals surface area contributed by atoms with Gasteiger partial charge in [0.25, 0.3) is 0 Å². The third-order valence-electron chi connectivity index (χ3n) is 3.18. The number of carbonyl (C=O) groups is 1. The van der Waals surface area contributed by atoms with Crippen LogP contribution in [0.4, 0.5) is 0 Å². The first-order chi connectivity index (χ1) is 9.18. The molecule has 1 aromatic heterocycles. The number of carbonyl (C=O) groups excluding carboxylic acids is 1. The molecule has 0 radical (unpaired) electrons. The van der Waals surface area contributed by atoms with Crippen molar-refractivity contribution in [3.05, 3.63) is 30.1 Å². The van der Waals surface area contributed by atoms with Crippen molar-refractivity contribution < 1.29 is 4.79 Å². The lowest BCUT2D eigenvalue weighted by molar-refractivity contribution is -0.135. The fourth-order valence-electron chi connectivity index (χ4n) is 2.11. The second-order valence-corrected chi connectivity index (χ2v) is 6.11. The molecule has 5 heteroatoms. The lowest BCUT2D eigenvalue weighted by Crippen LogP contribution is -2.52. The highest BCUT2D eigenvalue weighted by molar-refractivity contribution is 7.99. The van der Waals surface area contributed by atoms with Gasteiger partial charge in [-0.1, -0.05) is 6.07 Å². The smallest absolute Gasteiger partial charge is 0.241 e. The summed E-state index contributed by atoms with van der Waals surface area (Å²) >= 11 is 1.84. The highest BCUT2D eigenvalue weighted by Gasteiger charge is 2.27. The van der Waals surface area contributed by atoms with Crippen LogP contribution in [0.5, 0.6) is 0 Å². The van der Waals surface area contributed by atoms with Gasteiger partial charge in [0.05, 0.1) is 18.3 Å². The Hall–Kier alpha value is -1.07. The summed E-state index contributed by atoms with van der Waals surface area (Å²) in [6.07, 6.45) is 1.77. The molecule has 1 aliphatic heterocycles. The van der Waals surface area contributed by atoms with Gasteiger partial charge in [0.15, 0.2) is 0 Å². The van der Waals surface area contributed by atoms with Crippen molar-refractivity contribution in [2.45, 2.75) is 32.5 Å². The van der Waals surface area contributed by atoms with Crippen LogP contribution in [0.25, 0.3) is 0 Å². The summed E-state index contributed by atoms with van der Waals surface area (Å²) < 4.78 is 0. The quantitative estimate of drug-likeness (QED) is 0.908. The van der Waals surface area contributed by atoms with Crippen LogP contribution < -0.4 is 5.32 Å². The predicted molar refractivity (Wildman–Crippen MR) is 79.0 cm³/mol. The fraction of sp³-hybridized carbons (Fsp3) is 0.571. The average molecular weight is 279 g/mol. The van der Waals surface area contributed by atoms with Crippen LogP contribution in [0.2, 0.25) is 0 Å². The molecule has 2 rings (SSSR count). The monoisotopic (exact) mass is 279 g/mol. The summed E-state index contributed by atoms with van der Waals surface area (Å²) in [6, 6.07) is 5.95. The molecule has 1 amide bonds. The van der Waals surface area contributed by atoms with Gasteiger partial charge in [-0.2, -0.15) is 11.8 Å². The van der Waals surface area contributed by atoms with Crippen LogP contribution in [-0.2, 0) is 11.3 Å². The molecule has 1 fully saturated rings.